The van der Waals surface area contributed by atoms with E-state index in [0.717, 1.165) is 5.56 Å². The first-order valence-corrected chi connectivity index (χ1v) is 11.8. The predicted octanol–water partition coefficient (Wildman–Crippen LogP) is 2.87. The van der Waals surface area contributed by atoms with Gasteiger partial charge in [0.1, 0.15) is 4.32 Å². The van der Waals surface area contributed by atoms with Crippen molar-refractivity contribution in [1.82, 2.24) is 4.90 Å². The largest absolute Gasteiger partial charge is 0.490 e. The summed E-state index contributed by atoms with van der Waals surface area (Å²) in [5.41, 5.74) is 0.793. The van der Waals surface area contributed by atoms with Crippen molar-refractivity contribution in [2.24, 2.45) is 0 Å². The number of hydrogen-bond donors (Lipinski definition) is 0. The van der Waals surface area contributed by atoms with E-state index < -0.39 is 9.84 Å². The number of thioether (sulfide) groups is 1. The number of benzene rings is 1. The Hall–Kier alpha value is -1.58. The van der Waals surface area contributed by atoms with Crippen LogP contribution in [-0.2, 0) is 14.6 Å². The van der Waals surface area contributed by atoms with E-state index >= 15 is 0 Å². The molecule has 2 fully saturated rings. The number of carbonyl (C=O) groups excluding carboxylic acids is 1. The number of sulfone groups is 1. The second kappa shape index (κ2) is 8.20. The Balaban J connectivity index is 1.84. The van der Waals surface area contributed by atoms with Crippen LogP contribution >= 0.6 is 24.0 Å². The third kappa shape index (κ3) is 4.47. The van der Waals surface area contributed by atoms with Crippen molar-refractivity contribution >= 4 is 50.1 Å². The Morgan fingerprint density at radius 2 is 1.96 bits per heavy atom. The van der Waals surface area contributed by atoms with E-state index in [4.69, 9.17) is 21.7 Å². The SMILES string of the molecule is CCOc1ccc(/C=C2/SC(=S)N([C@@H]3CCS(=O)(=O)C3)C2=O)cc1OCC. The van der Waals surface area contributed by atoms with Crippen molar-refractivity contribution < 1.29 is 22.7 Å². The standard InChI is InChI=1S/C18H21NO5S3/c1-3-23-14-6-5-12(9-15(14)24-4-2)10-16-17(20)19(18(25)26-16)13-7-8-27(21,22)11-13/h5-6,9-10,13H,3-4,7-8,11H2,1-2H3/b16-10+/t13-/m1/s1. The van der Waals surface area contributed by atoms with Crippen molar-refractivity contribution in [3.63, 3.8) is 0 Å². The van der Waals surface area contributed by atoms with Crippen LogP contribution in [0, 0.1) is 0 Å². The topological polar surface area (TPSA) is 72.9 Å². The highest BCUT2D eigenvalue weighted by atomic mass is 32.2. The van der Waals surface area contributed by atoms with Crippen LogP contribution in [0.2, 0.25) is 0 Å². The lowest BCUT2D eigenvalue weighted by molar-refractivity contribution is -0.123. The van der Waals surface area contributed by atoms with Gasteiger partial charge in [0.05, 0.1) is 35.7 Å². The lowest BCUT2D eigenvalue weighted by atomic mass is 10.1. The molecule has 0 bridgehead atoms. The zero-order chi connectivity index (χ0) is 19.6. The molecule has 0 N–H and O–H groups in total. The molecule has 9 heteroatoms. The molecule has 2 aliphatic heterocycles. The Morgan fingerprint density at radius 1 is 1.26 bits per heavy atom. The minimum Gasteiger partial charge on any atom is -0.490 e. The molecule has 2 aliphatic rings. The number of nitrogens with zero attached hydrogens (tertiary/aromatic N) is 1. The molecule has 1 aromatic carbocycles. The van der Waals surface area contributed by atoms with Gasteiger partial charge < -0.3 is 9.47 Å². The summed E-state index contributed by atoms with van der Waals surface area (Å²) < 4.78 is 35.1. The normalized spacial score (nSPS) is 23.3. The van der Waals surface area contributed by atoms with E-state index in [1.54, 1.807) is 6.08 Å². The summed E-state index contributed by atoms with van der Waals surface area (Å²) in [6.07, 6.45) is 2.18. The lowest BCUT2D eigenvalue weighted by Gasteiger charge is -2.20. The zero-order valence-electron chi connectivity index (χ0n) is 15.1. The van der Waals surface area contributed by atoms with Gasteiger partial charge in [-0.3, -0.25) is 9.69 Å². The minimum absolute atomic E-state index is 0.0235. The minimum atomic E-state index is -3.09. The van der Waals surface area contributed by atoms with Crippen LogP contribution in [0.4, 0.5) is 0 Å². The second-order valence-electron chi connectivity index (χ2n) is 6.18. The summed E-state index contributed by atoms with van der Waals surface area (Å²) in [6.45, 7) is 4.82. The Labute approximate surface area is 168 Å². The van der Waals surface area contributed by atoms with Gasteiger partial charge in [0.2, 0.25) is 0 Å². The van der Waals surface area contributed by atoms with Crippen LogP contribution < -0.4 is 9.47 Å². The molecule has 3 rings (SSSR count). The molecular weight excluding hydrogens is 406 g/mol. The summed E-state index contributed by atoms with van der Waals surface area (Å²) in [4.78, 5) is 14.7. The molecule has 0 unspecified atom stereocenters. The first-order valence-electron chi connectivity index (χ1n) is 8.71. The highest BCUT2D eigenvalue weighted by Crippen LogP contribution is 2.37. The number of hydrogen-bond acceptors (Lipinski definition) is 7. The molecular formula is C18H21NO5S3. The van der Waals surface area contributed by atoms with E-state index in [9.17, 15) is 13.2 Å². The molecule has 1 aromatic rings. The highest BCUT2D eigenvalue weighted by Gasteiger charge is 2.42. The molecule has 27 heavy (non-hydrogen) atoms. The maximum Gasteiger partial charge on any atom is 0.266 e. The Kier molecular flexibility index (Phi) is 6.12. The van der Waals surface area contributed by atoms with Crippen LogP contribution in [0.5, 0.6) is 11.5 Å². The maximum absolute atomic E-state index is 12.8. The van der Waals surface area contributed by atoms with Gasteiger partial charge in [-0.25, -0.2) is 8.42 Å². The fourth-order valence-electron chi connectivity index (χ4n) is 3.08. The number of ether oxygens (including phenoxy) is 2. The van der Waals surface area contributed by atoms with Gasteiger partial charge in [0.25, 0.3) is 5.91 Å². The van der Waals surface area contributed by atoms with Crippen molar-refractivity contribution in [2.75, 3.05) is 24.7 Å². The lowest BCUT2D eigenvalue weighted by Crippen LogP contribution is -2.39. The number of thiocarbonyl (C=S) groups is 1. The smallest absolute Gasteiger partial charge is 0.266 e. The molecule has 0 aromatic heterocycles. The van der Waals surface area contributed by atoms with Crippen molar-refractivity contribution in [3.05, 3.63) is 28.7 Å². The summed E-state index contributed by atoms with van der Waals surface area (Å²) in [5, 5.41) is 0. The fourth-order valence-corrected chi connectivity index (χ4v) is 6.18. The Morgan fingerprint density at radius 3 is 2.59 bits per heavy atom. The first kappa shape index (κ1) is 20.2. The average molecular weight is 428 g/mol. The van der Waals surface area contributed by atoms with Gasteiger partial charge in [0, 0.05) is 0 Å². The molecule has 0 aliphatic carbocycles. The molecule has 6 nitrogen and oxygen atoms in total. The van der Waals surface area contributed by atoms with E-state index in [0.29, 0.717) is 40.4 Å². The highest BCUT2D eigenvalue weighted by molar-refractivity contribution is 8.26. The zero-order valence-corrected chi connectivity index (χ0v) is 17.6. The van der Waals surface area contributed by atoms with Crippen LogP contribution in [0.3, 0.4) is 0 Å². The first-order chi connectivity index (χ1) is 12.8. The summed E-state index contributed by atoms with van der Waals surface area (Å²) in [5.74, 6) is 1.11. The van der Waals surface area contributed by atoms with Crippen molar-refractivity contribution in [3.8, 4) is 11.5 Å². The van der Waals surface area contributed by atoms with Gasteiger partial charge in [-0.2, -0.15) is 0 Å². The molecule has 2 saturated heterocycles. The van der Waals surface area contributed by atoms with Crippen molar-refractivity contribution in [2.45, 2.75) is 26.3 Å². The average Bonchev–Trinajstić information content (AvgIpc) is 3.09. The maximum atomic E-state index is 12.8. The number of rotatable bonds is 6. The number of amides is 1. The third-order valence-electron chi connectivity index (χ3n) is 4.26. The van der Waals surface area contributed by atoms with Gasteiger partial charge in [-0.1, -0.05) is 30.0 Å². The molecule has 0 radical (unpaired) electrons. The fraction of sp³-hybridized carbons (Fsp3) is 0.444. The summed E-state index contributed by atoms with van der Waals surface area (Å²) in [6, 6.07) is 5.11. The molecule has 0 saturated carbocycles. The molecule has 146 valence electrons. The predicted molar refractivity (Wildman–Crippen MR) is 111 cm³/mol. The monoisotopic (exact) mass is 427 g/mol. The van der Waals surface area contributed by atoms with Crippen LogP contribution in [0.1, 0.15) is 25.8 Å². The molecule has 2 heterocycles. The third-order valence-corrected chi connectivity index (χ3v) is 7.34. The van der Waals surface area contributed by atoms with Gasteiger partial charge >= 0.3 is 0 Å². The quantitative estimate of drug-likeness (QED) is 0.510. The van der Waals surface area contributed by atoms with Gasteiger partial charge in [-0.15, -0.1) is 0 Å². The molecule has 0 spiro atoms. The van der Waals surface area contributed by atoms with Crippen LogP contribution in [0.25, 0.3) is 6.08 Å². The number of carbonyl (C=O) groups is 1. The second-order valence-corrected chi connectivity index (χ2v) is 10.1. The van der Waals surface area contributed by atoms with E-state index in [-0.39, 0.29) is 23.5 Å². The Bertz CT molecular complexity index is 894. The summed E-state index contributed by atoms with van der Waals surface area (Å²) >= 11 is 6.53. The van der Waals surface area contributed by atoms with E-state index in [1.807, 2.05) is 32.0 Å². The van der Waals surface area contributed by atoms with Gasteiger partial charge in [0.15, 0.2) is 21.3 Å². The van der Waals surface area contributed by atoms with Crippen LogP contribution in [0.15, 0.2) is 23.1 Å². The van der Waals surface area contributed by atoms with E-state index in [2.05, 4.69) is 0 Å². The van der Waals surface area contributed by atoms with Crippen LogP contribution in [-0.4, -0.2) is 54.3 Å². The van der Waals surface area contributed by atoms with Gasteiger partial charge in [-0.05, 0) is 44.0 Å². The summed E-state index contributed by atoms with van der Waals surface area (Å²) in [7, 11) is -3.09. The van der Waals surface area contributed by atoms with E-state index in [1.165, 1.54) is 16.7 Å². The molecule has 1 amide bonds. The van der Waals surface area contributed by atoms with Crippen molar-refractivity contribution in [1.29, 1.82) is 0 Å². The molecule has 1 atom stereocenters.